The molecule has 1 aromatic heterocycles. The van der Waals surface area contributed by atoms with Crippen LogP contribution in [0, 0.1) is 11.8 Å². The van der Waals surface area contributed by atoms with Crippen LogP contribution in [-0.2, 0) is 11.3 Å². The van der Waals surface area contributed by atoms with E-state index >= 15 is 0 Å². The van der Waals surface area contributed by atoms with Gasteiger partial charge >= 0.3 is 0 Å². The van der Waals surface area contributed by atoms with Crippen molar-refractivity contribution in [2.75, 3.05) is 27.2 Å². The van der Waals surface area contributed by atoms with Crippen molar-refractivity contribution in [2.45, 2.75) is 65.0 Å². The molecule has 4 nitrogen and oxygen atoms in total. The summed E-state index contributed by atoms with van der Waals surface area (Å²) in [6.45, 7) is 7.93. The number of aryl methyl sites for hydroxylation is 1. The smallest absolute Gasteiger partial charge is 0.140 e. The van der Waals surface area contributed by atoms with Gasteiger partial charge in [-0.15, -0.1) is 0 Å². The number of methoxy groups -OCH3 is 1. The van der Waals surface area contributed by atoms with Crippen LogP contribution in [0.5, 0.6) is 0 Å². The van der Waals surface area contributed by atoms with E-state index in [9.17, 15) is 0 Å². The van der Waals surface area contributed by atoms with E-state index in [4.69, 9.17) is 9.72 Å². The Morgan fingerprint density at radius 1 is 1.15 bits per heavy atom. The third-order valence-corrected chi connectivity index (χ3v) is 7.35. The molecular formula is C29H41N3O. The highest BCUT2D eigenvalue weighted by atomic mass is 16.5. The van der Waals surface area contributed by atoms with Crippen molar-refractivity contribution in [3.8, 4) is 11.4 Å². The number of hydrogen-bond donors (Lipinski definition) is 0. The van der Waals surface area contributed by atoms with Crippen LogP contribution in [0.3, 0.4) is 0 Å². The summed E-state index contributed by atoms with van der Waals surface area (Å²) in [5, 5.41) is 2.51. The lowest BCUT2D eigenvalue weighted by Crippen LogP contribution is -2.30. The highest BCUT2D eigenvalue weighted by molar-refractivity contribution is 5.95. The Kier molecular flexibility index (Phi) is 8.21. The molecule has 0 aliphatic heterocycles. The van der Waals surface area contributed by atoms with E-state index in [1.807, 2.05) is 7.11 Å². The number of nitrogens with zero attached hydrogens (tertiary/aromatic N) is 3. The average molecular weight is 448 g/mol. The van der Waals surface area contributed by atoms with E-state index in [0.29, 0.717) is 5.92 Å². The Hall–Kier alpha value is -2.17. The molecule has 2 atom stereocenters. The van der Waals surface area contributed by atoms with Crippen molar-refractivity contribution in [2.24, 2.45) is 11.8 Å². The van der Waals surface area contributed by atoms with Crippen LogP contribution in [0.2, 0.25) is 0 Å². The second kappa shape index (κ2) is 11.3. The minimum Gasteiger partial charge on any atom is -0.375 e. The molecule has 0 spiro atoms. The first-order valence-corrected chi connectivity index (χ1v) is 12.9. The Labute approximate surface area is 200 Å². The Balaban J connectivity index is 1.49. The number of hydrogen-bond acceptors (Lipinski definition) is 3. The van der Waals surface area contributed by atoms with Crippen LogP contribution in [-0.4, -0.2) is 41.7 Å². The van der Waals surface area contributed by atoms with Gasteiger partial charge in [-0.2, -0.15) is 0 Å². The third kappa shape index (κ3) is 5.67. The predicted octanol–water partition coefficient (Wildman–Crippen LogP) is 6.95. The zero-order valence-electron chi connectivity index (χ0n) is 21.0. The maximum Gasteiger partial charge on any atom is 0.140 e. The Morgan fingerprint density at radius 2 is 1.94 bits per heavy atom. The van der Waals surface area contributed by atoms with E-state index in [1.54, 1.807) is 0 Å². The maximum atomic E-state index is 6.03. The first-order chi connectivity index (χ1) is 16.1. The van der Waals surface area contributed by atoms with Gasteiger partial charge in [-0.1, -0.05) is 62.7 Å². The van der Waals surface area contributed by atoms with Gasteiger partial charge in [-0.05, 0) is 68.3 Å². The summed E-state index contributed by atoms with van der Waals surface area (Å²) < 4.78 is 8.35. The summed E-state index contributed by atoms with van der Waals surface area (Å²) in [7, 11) is 4.11. The molecule has 3 aromatic rings. The zero-order valence-corrected chi connectivity index (χ0v) is 21.0. The fourth-order valence-corrected chi connectivity index (χ4v) is 5.31. The molecule has 2 unspecified atom stereocenters. The van der Waals surface area contributed by atoms with Crippen LogP contribution < -0.4 is 0 Å². The summed E-state index contributed by atoms with van der Waals surface area (Å²) in [5.74, 6) is 2.42. The molecule has 0 saturated heterocycles. The molecule has 178 valence electrons. The van der Waals surface area contributed by atoms with Gasteiger partial charge in [0.1, 0.15) is 11.9 Å². The van der Waals surface area contributed by atoms with Crippen molar-refractivity contribution in [3.05, 3.63) is 54.4 Å². The van der Waals surface area contributed by atoms with Crippen molar-refractivity contribution in [1.29, 1.82) is 0 Å². The van der Waals surface area contributed by atoms with E-state index in [0.717, 1.165) is 36.8 Å². The molecule has 2 aromatic carbocycles. The molecule has 33 heavy (non-hydrogen) atoms. The van der Waals surface area contributed by atoms with Gasteiger partial charge in [0.25, 0.3) is 0 Å². The van der Waals surface area contributed by atoms with Gasteiger partial charge in [-0.3, -0.25) is 0 Å². The van der Waals surface area contributed by atoms with Gasteiger partial charge in [0.15, 0.2) is 0 Å². The lowest BCUT2D eigenvalue weighted by atomic mass is 9.85. The molecule has 0 radical (unpaired) electrons. The van der Waals surface area contributed by atoms with E-state index in [-0.39, 0.29) is 6.10 Å². The van der Waals surface area contributed by atoms with Gasteiger partial charge in [0, 0.05) is 32.0 Å². The van der Waals surface area contributed by atoms with Gasteiger partial charge < -0.3 is 14.2 Å². The highest BCUT2D eigenvalue weighted by Crippen LogP contribution is 2.33. The van der Waals surface area contributed by atoms with Crippen molar-refractivity contribution >= 4 is 10.8 Å². The summed E-state index contributed by atoms with van der Waals surface area (Å²) >= 11 is 0. The van der Waals surface area contributed by atoms with E-state index in [2.05, 4.69) is 79.0 Å². The zero-order chi connectivity index (χ0) is 23.2. The summed E-state index contributed by atoms with van der Waals surface area (Å²) in [6, 6.07) is 15.1. The number of rotatable bonds is 12. The molecule has 0 bridgehead atoms. The molecule has 0 amide bonds. The molecule has 4 heteroatoms. The largest absolute Gasteiger partial charge is 0.375 e. The Morgan fingerprint density at radius 3 is 2.67 bits per heavy atom. The Bertz CT molecular complexity index is 1020. The van der Waals surface area contributed by atoms with Gasteiger partial charge in [-0.25, -0.2) is 4.98 Å². The van der Waals surface area contributed by atoms with Gasteiger partial charge in [0.2, 0.25) is 0 Å². The number of ether oxygens (including phenoxy) is 1. The molecular weight excluding hydrogens is 406 g/mol. The first-order valence-electron chi connectivity index (χ1n) is 12.9. The summed E-state index contributed by atoms with van der Waals surface area (Å²) in [5.41, 5.74) is 2.26. The summed E-state index contributed by atoms with van der Waals surface area (Å²) in [6.07, 6.45) is 9.96. The van der Waals surface area contributed by atoms with Crippen molar-refractivity contribution in [1.82, 2.24) is 14.5 Å². The number of benzene rings is 2. The van der Waals surface area contributed by atoms with Gasteiger partial charge in [0.05, 0.1) is 5.69 Å². The number of fused-ring (bicyclic) bond motifs is 1. The van der Waals surface area contributed by atoms with Crippen LogP contribution in [0.4, 0.5) is 0 Å². The number of imidazole rings is 1. The molecule has 1 fully saturated rings. The number of aromatic nitrogens is 2. The standard InChI is InChI=1S/C29H41N3O/c1-5-18-32-21-27(30-29(32)26-17-9-15-24-14-6-7-16-25(24)26)28(33-4)22(2)11-10-19-31(3)20-23-12-8-13-23/h6-7,9,14-17,21-23,28H,5,8,10-13,18-20H2,1-4H3. The lowest BCUT2D eigenvalue weighted by Gasteiger charge is -2.30. The van der Waals surface area contributed by atoms with Crippen molar-refractivity contribution in [3.63, 3.8) is 0 Å². The van der Waals surface area contributed by atoms with Crippen molar-refractivity contribution < 1.29 is 4.74 Å². The second-order valence-corrected chi connectivity index (χ2v) is 10.0. The van der Waals surface area contributed by atoms with Crippen LogP contribution in [0.15, 0.2) is 48.7 Å². The molecule has 1 saturated carbocycles. The molecule has 0 N–H and O–H groups in total. The predicted molar refractivity (Wildman–Crippen MR) is 138 cm³/mol. The molecule has 1 heterocycles. The third-order valence-electron chi connectivity index (χ3n) is 7.35. The topological polar surface area (TPSA) is 30.3 Å². The highest BCUT2D eigenvalue weighted by Gasteiger charge is 2.24. The quantitative estimate of drug-likeness (QED) is 0.301. The molecule has 1 aliphatic rings. The average Bonchev–Trinajstić information content (AvgIpc) is 3.20. The monoisotopic (exact) mass is 447 g/mol. The van der Waals surface area contributed by atoms with Crippen LogP contribution >= 0.6 is 0 Å². The normalized spacial score (nSPS) is 16.3. The first kappa shape index (κ1) is 24.0. The maximum absolute atomic E-state index is 6.03. The lowest BCUT2D eigenvalue weighted by molar-refractivity contribution is 0.0495. The van der Waals surface area contributed by atoms with Crippen LogP contribution in [0.1, 0.15) is 64.2 Å². The fraction of sp³-hybridized carbons (Fsp3) is 0.552. The molecule has 4 rings (SSSR count). The fourth-order valence-electron chi connectivity index (χ4n) is 5.31. The van der Waals surface area contributed by atoms with E-state index in [1.165, 1.54) is 55.1 Å². The summed E-state index contributed by atoms with van der Waals surface area (Å²) in [4.78, 5) is 7.69. The van der Waals surface area contributed by atoms with Crippen LogP contribution in [0.25, 0.3) is 22.2 Å². The SMILES string of the molecule is CCCn1cc(C(OC)C(C)CCCN(C)CC2CCC2)nc1-c1cccc2ccccc12. The second-order valence-electron chi connectivity index (χ2n) is 10.0. The van der Waals surface area contributed by atoms with E-state index < -0.39 is 0 Å². The minimum absolute atomic E-state index is 0.0220. The molecule has 1 aliphatic carbocycles. The minimum atomic E-state index is 0.0220.